The van der Waals surface area contributed by atoms with E-state index >= 15 is 0 Å². The number of amides is 1. The van der Waals surface area contributed by atoms with Crippen molar-refractivity contribution in [2.75, 3.05) is 5.75 Å². The van der Waals surface area contributed by atoms with Crippen molar-refractivity contribution in [3.63, 3.8) is 0 Å². The molecular weight excluding hydrogens is 282 g/mol. The third-order valence-corrected chi connectivity index (χ3v) is 6.51. The maximum Gasteiger partial charge on any atom is 0.233 e. The van der Waals surface area contributed by atoms with E-state index in [0.29, 0.717) is 23.0 Å². The normalized spacial score (nSPS) is 27.9. The van der Waals surface area contributed by atoms with Crippen LogP contribution in [-0.4, -0.2) is 37.8 Å². The first-order valence-corrected chi connectivity index (χ1v) is 9.09. The number of hydrogen-bond donors (Lipinski definition) is 0. The third-order valence-electron chi connectivity index (χ3n) is 5.15. The lowest BCUT2D eigenvalue weighted by atomic mass is 9.99. The molecule has 4 nitrogen and oxygen atoms in total. The Hall–Kier alpha value is -1.10. The topological polar surface area (TPSA) is 46.1 Å². The number of fused-ring (bicyclic) bond motifs is 4. The first kappa shape index (κ1) is 13.6. The van der Waals surface area contributed by atoms with Gasteiger partial charge in [-0.3, -0.25) is 4.79 Å². The molecule has 21 heavy (non-hydrogen) atoms. The number of aromatic nitrogens is 2. The maximum absolute atomic E-state index is 12.7. The first-order chi connectivity index (χ1) is 10.3. The molecule has 4 rings (SSSR count). The molecule has 2 aliphatic heterocycles. The van der Waals surface area contributed by atoms with Gasteiger partial charge in [-0.2, -0.15) is 0 Å². The molecule has 0 aromatic carbocycles. The number of rotatable bonds is 3. The zero-order valence-electron chi connectivity index (χ0n) is 12.2. The molecule has 0 unspecified atom stereocenters. The van der Waals surface area contributed by atoms with E-state index < -0.39 is 0 Å². The molecule has 0 N–H and O–H groups in total. The SMILES string of the molecule is O=C(CSC1CCCC1)N1[C@H]2CC[C@H]1c1cncnc1C2. The van der Waals surface area contributed by atoms with Crippen LogP contribution in [-0.2, 0) is 11.2 Å². The van der Waals surface area contributed by atoms with Gasteiger partial charge < -0.3 is 4.90 Å². The minimum absolute atomic E-state index is 0.233. The Balaban J connectivity index is 1.47. The van der Waals surface area contributed by atoms with E-state index in [0.717, 1.165) is 25.0 Å². The molecule has 1 aromatic rings. The van der Waals surface area contributed by atoms with Gasteiger partial charge in [0.2, 0.25) is 5.91 Å². The number of thioether (sulfide) groups is 1. The predicted molar refractivity (Wildman–Crippen MR) is 83.1 cm³/mol. The Morgan fingerprint density at radius 3 is 3.00 bits per heavy atom. The van der Waals surface area contributed by atoms with Gasteiger partial charge >= 0.3 is 0 Å². The summed E-state index contributed by atoms with van der Waals surface area (Å²) in [5.74, 6) is 0.981. The molecule has 5 heteroatoms. The Labute approximate surface area is 129 Å². The van der Waals surface area contributed by atoms with Crippen LogP contribution in [0.4, 0.5) is 0 Å². The van der Waals surface area contributed by atoms with Gasteiger partial charge in [-0.05, 0) is 25.7 Å². The van der Waals surface area contributed by atoms with E-state index in [9.17, 15) is 4.79 Å². The second-order valence-electron chi connectivity index (χ2n) is 6.39. The second-order valence-corrected chi connectivity index (χ2v) is 7.68. The van der Waals surface area contributed by atoms with Gasteiger partial charge in [-0.1, -0.05) is 12.8 Å². The van der Waals surface area contributed by atoms with Crippen molar-refractivity contribution in [1.29, 1.82) is 0 Å². The van der Waals surface area contributed by atoms with Crippen LogP contribution < -0.4 is 0 Å². The largest absolute Gasteiger partial charge is 0.331 e. The Bertz CT molecular complexity index is 544. The van der Waals surface area contributed by atoms with Crippen molar-refractivity contribution in [3.8, 4) is 0 Å². The lowest BCUT2D eigenvalue weighted by Crippen LogP contribution is -2.43. The molecule has 1 amide bonds. The number of carbonyl (C=O) groups is 1. The lowest BCUT2D eigenvalue weighted by molar-refractivity contribution is -0.131. The highest BCUT2D eigenvalue weighted by Crippen LogP contribution is 2.43. The summed E-state index contributed by atoms with van der Waals surface area (Å²) in [6, 6.07) is 0.603. The van der Waals surface area contributed by atoms with Gasteiger partial charge in [0.15, 0.2) is 0 Å². The summed E-state index contributed by atoms with van der Waals surface area (Å²) in [6.45, 7) is 0. The Morgan fingerprint density at radius 2 is 2.14 bits per heavy atom. The van der Waals surface area contributed by atoms with E-state index in [1.807, 2.05) is 18.0 Å². The fourth-order valence-electron chi connectivity index (χ4n) is 4.12. The summed E-state index contributed by atoms with van der Waals surface area (Å²) in [5, 5.41) is 0.715. The van der Waals surface area contributed by atoms with Gasteiger partial charge in [0, 0.05) is 29.5 Å². The van der Waals surface area contributed by atoms with Crippen LogP contribution in [0.3, 0.4) is 0 Å². The average molecular weight is 303 g/mol. The summed E-state index contributed by atoms with van der Waals surface area (Å²) in [5.41, 5.74) is 2.34. The molecule has 2 atom stereocenters. The summed E-state index contributed by atoms with van der Waals surface area (Å²) >= 11 is 1.88. The van der Waals surface area contributed by atoms with Crippen molar-refractivity contribution in [2.45, 2.75) is 62.3 Å². The van der Waals surface area contributed by atoms with Gasteiger partial charge in [-0.25, -0.2) is 9.97 Å². The van der Waals surface area contributed by atoms with E-state index in [2.05, 4.69) is 14.9 Å². The number of carbonyl (C=O) groups excluding carboxylic acids is 1. The highest BCUT2D eigenvalue weighted by Gasteiger charge is 2.43. The highest BCUT2D eigenvalue weighted by molar-refractivity contribution is 8.00. The molecule has 1 aromatic heterocycles. The fraction of sp³-hybridized carbons (Fsp3) is 0.688. The van der Waals surface area contributed by atoms with E-state index in [1.54, 1.807) is 6.33 Å². The maximum atomic E-state index is 12.7. The van der Waals surface area contributed by atoms with Crippen molar-refractivity contribution >= 4 is 17.7 Å². The van der Waals surface area contributed by atoms with Crippen LogP contribution in [0.15, 0.2) is 12.5 Å². The van der Waals surface area contributed by atoms with Crippen molar-refractivity contribution in [2.24, 2.45) is 0 Å². The second kappa shape index (κ2) is 5.59. The molecule has 2 fully saturated rings. The quantitative estimate of drug-likeness (QED) is 0.861. The van der Waals surface area contributed by atoms with Gasteiger partial charge in [0.25, 0.3) is 0 Å². The first-order valence-electron chi connectivity index (χ1n) is 8.04. The molecule has 0 spiro atoms. The van der Waals surface area contributed by atoms with Crippen LogP contribution in [0.1, 0.15) is 55.8 Å². The molecule has 1 saturated heterocycles. The number of hydrogen-bond acceptors (Lipinski definition) is 4. The van der Waals surface area contributed by atoms with Gasteiger partial charge in [0.05, 0.1) is 17.5 Å². The molecular formula is C16H21N3OS. The van der Waals surface area contributed by atoms with Crippen LogP contribution >= 0.6 is 11.8 Å². The van der Waals surface area contributed by atoms with Crippen molar-refractivity contribution in [1.82, 2.24) is 14.9 Å². The van der Waals surface area contributed by atoms with Crippen molar-refractivity contribution < 1.29 is 4.79 Å². The van der Waals surface area contributed by atoms with Crippen LogP contribution in [0.2, 0.25) is 0 Å². The van der Waals surface area contributed by atoms with Crippen LogP contribution in [0.5, 0.6) is 0 Å². The summed E-state index contributed by atoms with van der Waals surface area (Å²) in [4.78, 5) is 23.4. The fourth-order valence-corrected chi connectivity index (χ4v) is 5.32. The monoisotopic (exact) mass is 303 g/mol. The Morgan fingerprint density at radius 1 is 1.29 bits per heavy atom. The predicted octanol–water partition coefficient (Wildman–Crippen LogP) is 2.74. The summed E-state index contributed by atoms with van der Waals surface area (Å²) in [7, 11) is 0. The van der Waals surface area contributed by atoms with Crippen molar-refractivity contribution in [3.05, 3.63) is 23.8 Å². The molecule has 1 saturated carbocycles. The third kappa shape index (κ3) is 2.45. The molecule has 3 heterocycles. The Kier molecular flexibility index (Phi) is 3.61. The molecule has 3 aliphatic rings. The lowest BCUT2D eigenvalue weighted by Gasteiger charge is -2.35. The minimum atomic E-state index is 0.233. The average Bonchev–Trinajstić information content (AvgIpc) is 3.12. The standard InChI is InChI=1S/C16H21N3OS/c20-16(9-21-12-3-1-2-4-12)19-11-5-6-15(19)13-8-17-10-18-14(13)7-11/h8,10-12,15H,1-7,9H2/t11-,15-/m0/s1. The summed E-state index contributed by atoms with van der Waals surface area (Å²) < 4.78 is 0. The highest BCUT2D eigenvalue weighted by atomic mass is 32.2. The van der Waals surface area contributed by atoms with E-state index in [4.69, 9.17) is 0 Å². The molecule has 2 bridgehead atoms. The minimum Gasteiger partial charge on any atom is -0.331 e. The smallest absolute Gasteiger partial charge is 0.233 e. The molecule has 112 valence electrons. The zero-order chi connectivity index (χ0) is 14.2. The van der Waals surface area contributed by atoms with Crippen LogP contribution in [0.25, 0.3) is 0 Å². The zero-order valence-corrected chi connectivity index (χ0v) is 13.0. The molecule has 0 radical (unpaired) electrons. The van der Waals surface area contributed by atoms with E-state index in [1.165, 1.54) is 31.2 Å². The van der Waals surface area contributed by atoms with Gasteiger partial charge in [-0.15, -0.1) is 11.8 Å². The number of nitrogens with zero attached hydrogens (tertiary/aromatic N) is 3. The summed E-state index contributed by atoms with van der Waals surface area (Å²) in [6.07, 6.45) is 11.9. The van der Waals surface area contributed by atoms with Gasteiger partial charge in [0.1, 0.15) is 6.33 Å². The molecule has 1 aliphatic carbocycles. The van der Waals surface area contributed by atoms with Crippen LogP contribution in [0, 0.1) is 0 Å². The van der Waals surface area contributed by atoms with E-state index in [-0.39, 0.29) is 6.04 Å².